The maximum Gasteiger partial charge on any atom is 0.248 e. The van der Waals surface area contributed by atoms with E-state index in [1.54, 1.807) is 18.5 Å². The van der Waals surface area contributed by atoms with Crippen molar-refractivity contribution in [3.8, 4) is 22.5 Å². The molecular weight excluding hydrogens is 327 g/mol. The average Bonchev–Trinajstić information content (AvgIpc) is 3.24. The minimum Gasteiger partial charge on any atom is -0.367 e. The first kappa shape index (κ1) is 16.0. The van der Waals surface area contributed by atoms with Gasteiger partial charge >= 0.3 is 0 Å². The Balaban J connectivity index is 1.77. The number of hydrogen-bond donors (Lipinski definition) is 1. The number of benzene rings is 1. The molecule has 0 aliphatic heterocycles. The molecule has 25 heavy (non-hydrogen) atoms. The topological polar surface area (TPSA) is 33.6 Å². The van der Waals surface area contributed by atoms with E-state index in [0.29, 0.717) is 12.8 Å². The molecule has 3 nitrogen and oxygen atoms in total. The van der Waals surface area contributed by atoms with E-state index < -0.39 is 5.92 Å². The van der Waals surface area contributed by atoms with E-state index in [2.05, 4.69) is 9.97 Å². The third-order valence-electron chi connectivity index (χ3n) is 4.86. The molecule has 1 saturated carbocycles. The first-order chi connectivity index (χ1) is 12.0. The lowest BCUT2D eigenvalue weighted by Crippen LogP contribution is -2.26. The van der Waals surface area contributed by atoms with Crippen LogP contribution in [-0.2, 0) is 0 Å². The molecule has 1 aliphatic rings. The van der Waals surface area contributed by atoms with E-state index in [1.165, 1.54) is 12.1 Å². The molecule has 4 rings (SSSR count). The van der Waals surface area contributed by atoms with Crippen LogP contribution in [0.25, 0.3) is 22.5 Å². The van der Waals surface area contributed by atoms with Crippen LogP contribution in [0.1, 0.15) is 31.7 Å². The number of rotatable bonds is 3. The maximum atomic E-state index is 13.5. The molecule has 0 spiro atoms. The SMILES string of the molecule is Fc1ccc(-c2ncn(C3CCC(F)(F)CC3)c2-c2cc[nH]c2)cc1. The van der Waals surface area contributed by atoms with Crippen LogP contribution in [-0.4, -0.2) is 20.5 Å². The minimum absolute atomic E-state index is 0.00813. The molecule has 2 aromatic heterocycles. The van der Waals surface area contributed by atoms with Gasteiger partial charge in [-0.25, -0.2) is 18.2 Å². The minimum atomic E-state index is -2.56. The van der Waals surface area contributed by atoms with Crippen LogP contribution in [0.2, 0.25) is 0 Å². The van der Waals surface area contributed by atoms with Crippen molar-refractivity contribution in [2.45, 2.75) is 37.6 Å². The zero-order valence-corrected chi connectivity index (χ0v) is 13.6. The summed E-state index contributed by atoms with van der Waals surface area (Å²) in [7, 11) is 0. The number of aromatic nitrogens is 3. The molecule has 1 N–H and O–H groups in total. The Hall–Kier alpha value is -2.50. The van der Waals surface area contributed by atoms with Crippen molar-refractivity contribution in [3.63, 3.8) is 0 Å². The average molecular weight is 345 g/mol. The Morgan fingerprint density at radius 1 is 1.04 bits per heavy atom. The molecule has 1 aromatic carbocycles. The van der Waals surface area contributed by atoms with Crippen LogP contribution in [0.15, 0.2) is 49.1 Å². The van der Waals surface area contributed by atoms with E-state index in [0.717, 1.165) is 22.5 Å². The summed E-state index contributed by atoms with van der Waals surface area (Å²) in [5.41, 5.74) is 3.35. The quantitative estimate of drug-likeness (QED) is 0.674. The molecule has 0 atom stereocenters. The summed E-state index contributed by atoms with van der Waals surface area (Å²) in [5, 5.41) is 0. The second-order valence-corrected chi connectivity index (χ2v) is 6.54. The lowest BCUT2D eigenvalue weighted by Gasteiger charge is -2.30. The molecule has 1 fully saturated rings. The predicted molar refractivity (Wildman–Crippen MR) is 89.9 cm³/mol. The van der Waals surface area contributed by atoms with Crippen molar-refractivity contribution in [3.05, 3.63) is 54.9 Å². The highest BCUT2D eigenvalue weighted by molar-refractivity contribution is 5.78. The highest BCUT2D eigenvalue weighted by Gasteiger charge is 2.36. The lowest BCUT2D eigenvalue weighted by molar-refractivity contribution is -0.0438. The third-order valence-corrected chi connectivity index (χ3v) is 4.86. The fraction of sp³-hybridized carbons (Fsp3) is 0.316. The van der Waals surface area contributed by atoms with Gasteiger partial charge in [-0.2, -0.15) is 0 Å². The van der Waals surface area contributed by atoms with Gasteiger partial charge in [-0.1, -0.05) is 0 Å². The number of hydrogen-bond acceptors (Lipinski definition) is 1. The molecule has 0 radical (unpaired) electrons. The van der Waals surface area contributed by atoms with Crippen molar-refractivity contribution in [2.24, 2.45) is 0 Å². The van der Waals surface area contributed by atoms with Gasteiger partial charge in [0.05, 0.1) is 17.7 Å². The van der Waals surface area contributed by atoms with E-state index in [9.17, 15) is 13.2 Å². The summed E-state index contributed by atoms with van der Waals surface area (Å²) >= 11 is 0. The Bertz CT molecular complexity index is 841. The number of halogens is 3. The number of nitrogens with zero attached hydrogens (tertiary/aromatic N) is 2. The fourth-order valence-corrected chi connectivity index (χ4v) is 3.52. The largest absolute Gasteiger partial charge is 0.367 e. The molecule has 0 unspecified atom stereocenters. The van der Waals surface area contributed by atoms with Crippen molar-refractivity contribution in [2.75, 3.05) is 0 Å². The molecule has 0 amide bonds. The summed E-state index contributed by atoms with van der Waals surface area (Å²) in [6.07, 6.45) is 6.03. The standard InChI is InChI=1S/C19H18F3N3/c20-15-3-1-13(2-4-15)17-18(14-7-10-23-11-14)25(12-24-17)16-5-8-19(21,22)9-6-16/h1-4,7,10-12,16,23H,5-6,8-9H2. The Labute approximate surface area is 143 Å². The second kappa shape index (κ2) is 6.10. The summed E-state index contributed by atoms with van der Waals surface area (Å²) in [4.78, 5) is 7.55. The highest BCUT2D eigenvalue weighted by Crippen LogP contribution is 2.42. The van der Waals surface area contributed by atoms with E-state index in [-0.39, 0.29) is 24.7 Å². The van der Waals surface area contributed by atoms with Gasteiger partial charge in [0.25, 0.3) is 0 Å². The molecule has 0 bridgehead atoms. The number of nitrogens with one attached hydrogen (secondary N) is 1. The number of alkyl halides is 2. The van der Waals surface area contributed by atoms with Gasteiger partial charge < -0.3 is 9.55 Å². The van der Waals surface area contributed by atoms with Gasteiger partial charge in [-0.3, -0.25) is 0 Å². The van der Waals surface area contributed by atoms with Crippen molar-refractivity contribution in [1.82, 2.24) is 14.5 Å². The van der Waals surface area contributed by atoms with Crippen molar-refractivity contribution < 1.29 is 13.2 Å². The smallest absolute Gasteiger partial charge is 0.248 e. The van der Waals surface area contributed by atoms with Crippen molar-refractivity contribution in [1.29, 1.82) is 0 Å². The summed E-state index contributed by atoms with van der Waals surface area (Å²) in [6.45, 7) is 0. The Morgan fingerprint density at radius 3 is 2.40 bits per heavy atom. The normalized spacial score (nSPS) is 17.7. The Kier molecular flexibility index (Phi) is 3.90. The maximum absolute atomic E-state index is 13.5. The monoisotopic (exact) mass is 345 g/mol. The summed E-state index contributed by atoms with van der Waals surface area (Å²) < 4.78 is 42.3. The van der Waals surface area contributed by atoms with Crippen LogP contribution < -0.4 is 0 Å². The van der Waals surface area contributed by atoms with Crippen molar-refractivity contribution >= 4 is 0 Å². The van der Waals surface area contributed by atoms with Crippen LogP contribution in [0.5, 0.6) is 0 Å². The van der Waals surface area contributed by atoms with Crippen LogP contribution in [0, 0.1) is 5.82 Å². The second-order valence-electron chi connectivity index (χ2n) is 6.54. The zero-order valence-electron chi connectivity index (χ0n) is 13.6. The molecule has 0 saturated heterocycles. The number of H-pyrrole nitrogens is 1. The van der Waals surface area contributed by atoms with Gasteiger partial charge in [0, 0.05) is 42.4 Å². The molecule has 6 heteroatoms. The van der Waals surface area contributed by atoms with Crippen LogP contribution >= 0.6 is 0 Å². The van der Waals surface area contributed by atoms with Crippen LogP contribution in [0.3, 0.4) is 0 Å². The molecular formula is C19H18F3N3. The summed E-state index contributed by atoms with van der Waals surface area (Å²) in [6, 6.07) is 8.09. The third kappa shape index (κ3) is 3.08. The summed E-state index contributed by atoms with van der Waals surface area (Å²) in [5.74, 6) is -2.87. The molecule has 2 heterocycles. The van der Waals surface area contributed by atoms with E-state index in [1.807, 2.05) is 23.0 Å². The Morgan fingerprint density at radius 2 is 1.76 bits per heavy atom. The first-order valence-corrected chi connectivity index (χ1v) is 8.37. The zero-order chi connectivity index (χ0) is 17.4. The first-order valence-electron chi connectivity index (χ1n) is 8.37. The van der Waals surface area contributed by atoms with Crippen LogP contribution in [0.4, 0.5) is 13.2 Å². The van der Waals surface area contributed by atoms with Gasteiger partial charge in [-0.15, -0.1) is 0 Å². The predicted octanol–water partition coefficient (Wildman–Crippen LogP) is 5.43. The molecule has 1 aliphatic carbocycles. The van der Waals surface area contributed by atoms with Gasteiger partial charge in [0.2, 0.25) is 5.92 Å². The number of aromatic amines is 1. The molecule has 130 valence electrons. The van der Waals surface area contributed by atoms with Gasteiger partial charge in [-0.05, 0) is 43.2 Å². The van der Waals surface area contributed by atoms with Gasteiger partial charge in [0.15, 0.2) is 0 Å². The highest BCUT2D eigenvalue weighted by atomic mass is 19.3. The van der Waals surface area contributed by atoms with E-state index >= 15 is 0 Å². The van der Waals surface area contributed by atoms with Gasteiger partial charge in [0.1, 0.15) is 5.82 Å². The van der Waals surface area contributed by atoms with E-state index in [4.69, 9.17) is 0 Å². The molecule has 3 aromatic rings. The number of imidazole rings is 1. The lowest BCUT2D eigenvalue weighted by atomic mass is 9.91. The fourth-order valence-electron chi connectivity index (χ4n) is 3.52.